The van der Waals surface area contributed by atoms with Gasteiger partial charge < -0.3 is 19.6 Å². The highest BCUT2D eigenvalue weighted by Crippen LogP contribution is 2.22. The van der Waals surface area contributed by atoms with Crippen molar-refractivity contribution in [3.05, 3.63) is 54.0 Å². The van der Waals surface area contributed by atoms with Gasteiger partial charge in [0.05, 0.1) is 19.9 Å². The first-order valence-corrected chi connectivity index (χ1v) is 7.70. The zero-order valence-electron chi connectivity index (χ0n) is 13.5. The van der Waals surface area contributed by atoms with Crippen LogP contribution >= 0.6 is 0 Å². The Kier molecular flexibility index (Phi) is 6.23. The number of nitrogens with one attached hydrogen (secondary N) is 1. The van der Waals surface area contributed by atoms with Crippen LogP contribution in [0.5, 0.6) is 5.75 Å². The quantitative estimate of drug-likeness (QED) is 0.785. The predicted molar refractivity (Wildman–Crippen MR) is 87.2 cm³/mol. The van der Waals surface area contributed by atoms with E-state index in [1.54, 1.807) is 19.2 Å². The van der Waals surface area contributed by atoms with E-state index in [2.05, 4.69) is 5.32 Å². The minimum atomic E-state index is -0.821. The van der Waals surface area contributed by atoms with Gasteiger partial charge in [-0.15, -0.1) is 0 Å². The van der Waals surface area contributed by atoms with E-state index in [-0.39, 0.29) is 18.4 Å². The van der Waals surface area contributed by atoms with Crippen LogP contribution in [-0.2, 0) is 11.2 Å². The number of rotatable bonds is 8. The number of hydrogen-bond donors (Lipinski definition) is 2. The van der Waals surface area contributed by atoms with Gasteiger partial charge in [-0.25, -0.2) is 0 Å². The highest BCUT2D eigenvalue weighted by Gasteiger charge is 2.15. The molecular weight excluding hydrogens is 294 g/mol. The van der Waals surface area contributed by atoms with Crippen LogP contribution in [0.4, 0.5) is 0 Å². The van der Waals surface area contributed by atoms with Gasteiger partial charge in [0.2, 0.25) is 5.91 Å². The summed E-state index contributed by atoms with van der Waals surface area (Å²) in [6, 6.07) is 11.2. The molecule has 0 saturated carbocycles. The molecule has 0 fully saturated rings. The molecule has 0 radical (unpaired) electrons. The third kappa shape index (κ3) is 5.14. The van der Waals surface area contributed by atoms with Crippen molar-refractivity contribution in [2.45, 2.75) is 25.9 Å². The van der Waals surface area contributed by atoms with Gasteiger partial charge in [-0.2, -0.15) is 0 Å². The fourth-order valence-corrected chi connectivity index (χ4v) is 2.50. The normalized spacial score (nSPS) is 13.3. The van der Waals surface area contributed by atoms with Crippen LogP contribution in [-0.4, -0.2) is 24.7 Å². The molecule has 5 heteroatoms. The second-order valence-electron chi connectivity index (χ2n) is 5.66. The summed E-state index contributed by atoms with van der Waals surface area (Å²) in [5, 5.41) is 12.6. The fraction of sp³-hybridized carbons (Fsp3) is 0.389. The van der Waals surface area contributed by atoms with Gasteiger partial charge in [-0.3, -0.25) is 4.79 Å². The molecule has 1 aromatic carbocycles. The van der Waals surface area contributed by atoms with E-state index in [9.17, 15) is 9.90 Å². The third-order valence-corrected chi connectivity index (χ3v) is 3.66. The molecule has 0 aliphatic carbocycles. The molecule has 1 amide bonds. The summed E-state index contributed by atoms with van der Waals surface area (Å²) >= 11 is 0. The van der Waals surface area contributed by atoms with Crippen molar-refractivity contribution in [1.82, 2.24) is 5.32 Å². The molecule has 23 heavy (non-hydrogen) atoms. The smallest absolute Gasteiger partial charge is 0.220 e. The Morgan fingerprint density at radius 2 is 2.09 bits per heavy atom. The molecule has 1 heterocycles. The van der Waals surface area contributed by atoms with E-state index in [1.807, 2.05) is 31.2 Å². The van der Waals surface area contributed by atoms with Crippen LogP contribution in [0.2, 0.25) is 0 Å². The van der Waals surface area contributed by atoms with Gasteiger partial charge in [0.25, 0.3) is 0 Å². The Bertz CT molecular complexity index is 609. The number of amides is 1. The Morgan fingerprint density at radius 1 is 1.30 bits per heavy atom. The maximum Gasteiger partial charge on any atom is 0.220 e. The van der Waals surface area contributed by atoms with Crippen molar-refractivity contribution in [2.75, 3.05) is 13.7 Å². The topological polar surface area (TPSA) is 71.7 Å². The Hall–Kier alpha value is -2.27. The van der Waals surface area contributed by atoms with E-state index in [4.69, 9.17) is 9.15 Å². The van der Waals surface area contributed by atoms with Crippen LogP contribution in [0.25, 0.3) is 0 Å². The number of ether oxygens (including phenoxy) is 1. The number of aliphatic hydroxyl groups is 1. The van der Waals surface area contributed by atoms with Crippen molar-refractivity contribution < 1.29 is 19.1 Å². The van der Waals surface area contributed by atoms with Crippen LogP contribution in [0.3, 0.4) is 0 Å². The first kappa shape index (κ1) is 17.1. The molecule has 0 spiro atoms. The van der Waals surface area contributed by atoms with E-state index in [1.165, 1.54) is 6.26 Å². The van der Waals surface area contributed by atoms with Crippen LogP contribution in [0.1, 0.15) is 30.8 Å². The number of carbonyl (C=O) groups excluding carboxylic acids is 1. The van der Waals surface area contributed by atoms with E-state index < -0.39 is 6.10 Å². The molecule has 5 nitrogen and oxygen atoms in total. The number of carbonyl (C=O) groups is 1. The molecule has 2 unspecified atom stereocenters. The number of para-hydroxylation sites is 1. The van der Waals surface area contributed by atoms with Crippen LogP contribution in [0.15, 0.2) is 47.1 Å². The third-order valence-electron chi connectivity index (χ3n) is 3.66. The maximum absolute atomic E-state index is 12.0. The molecule has 2 aromatic rings. The van der Waals surface area contributed by atoms with Crippen molar-refractivity contribution in [3.63, 3.8) is 0 Å². The Morgan fingerprint density at radius 3 is 2.78 bits per heavy atom. The number of hydrogen-bond acceptors (Lipinski definition) is 4. The Balaban J connectivity index is 1.78. The van der Waals surface area contributed by atoms with Gasteiger partial charge in [0.1, 0.15) is 17.6 Å². The molecule has 2 rings (SSSR count). The molecule has 1 aromatic heterocycles. The summed E-state index contributed by atoms with van der Waals surface area (Å²) in [7, 11) is 1.65. The molecule has 0 bridgehead atoms. The van der Waals surface area contributed by atoms with Gasteiger partial charge in [0, 0.05) is 6.42 Å². The molecule has 0 aliphatic heterocycles. The lowest BCUT2D eigenvalue weighted by Crippen LogP contribution is -2.29. The summed E-state index contributed by atoms with van der Waals surface area (Å²) in [6.07, 6.45) is 1.83. The van der Waals surface area contributed by atoms with Gasteiger partial charge in [-0.1, -0.05) is 25.1 Å². The summed E-state index contributed by atoms with van der Waals surface area (Å²) in [6.45, 7) is 2.17. The number of furan rings is 1. The van der Waals surface area contributed by atoms with E-state index in [0.29, 0.717) is 12.2 Å². The first-order chi connectivity index (χ1) is 11.1. The van der Waals surface area contributed by atoms with Gasteiger partial charge in [0.15, 0.2) is 0 Å². The zero-order valence-corrected chi connectivity index (χ0v) is 13.5. The van der Waals surface area contributed by atoms with Crippen molar-refractivity contribution in [1.29, 1.82) is 0 Å². The first-order valence-electron chi connectivity index (χ1n) is 7.70. The highest BCUT2D eigenvalue weighted by molar-refractivity contribution is 5.76. The number of benzene rings is 1. The molecule has 0 aliphatic rings. The van der Waals surface area contributed by atoms with Crippen LogP contribution in [0, 0.1) is 5.92 Å². The largest absolute Gasteiger partial charge is 0.496 e. The molecule has 0 saturated heterocycles. The molecule has 124 valence electrons. The summed E-state index contributed by atoms with van der Waals surface area (Å²) in [5.41, 5.74) is 1.09. The average Bonchev–Trinajstić information content (AvgIpc) is 3.07. The SMILES string of the molecule is COc1ccccc1CC(C)CC(=O)NCC(O)c1ccco1. The van der Waals surface area contributed by atoms with Gasteiger partial charge in [-0.05, 0) is 36.1 Å². The van der Waals surface area contributed by atoms with Crippen LogP contribution < -0.4 is 10.1 Å². The van der Waals surface area contributed by atoms with E-state index >= 15 is 0 Å². The summed E-state index contributed by atoms with van der Waals surface area (Å²) < 4.78 is 10.4. The summed E-state index contributed by atoms with van der Waals surface area (Å²) in [4.78, 5) is 12.0. The van der Waals surface area contributed by atoms with E-state index in [0.717, 1.165) is 17.7 Å². The zero-order chi connectivity index (χ0) is 16.7. The second kappa shape index (κ2) is 8.39. The van der Waals surface area contributed by atoms with Gasteiger partial charge >= 0.3 is 0 Å². The highest BCUT2D eigenvalue weighted by atomic mass is 16.5. The molecule has 2 atom stereocenters. The second-order valence-corrected chi connectivity index (χ2v) is 5.66. The molecular formula is C18H23NO4. The van der Waals surface area contributed by atoms with Crippen molar-refractivity contribution in [3.8, 4) is 5.75 Å². The Labute approximate surface area is 136 Å². The predicted octanol–water partition coefficient (Wildman–Crippen LogP) is 2.71. The number of aliphatic hydroxyl groups excluding tert-OH is 1. The maximum atomic E-state index is 12.0. The minimum absolute atomic E-state index is 0.0852. The van der Waals surface area contributed by atoms with Crippen molar-refractivity contribution >= 4 is 5.91 Å². The molecule has 2 N–H and O–H groups in total. The fourth-order valence-electron chi connectivity index (χ4n) is 2.50. The monoisotopic (exact) mass is 317 g/mol. The lowest BCUT2D eigenvalue weighted by atomic mass is 9.97. The van der Waals surface area contributed by atoms with Crippen molar-refractivity contribution in [2.24, 2.45) is 5.92 Å². The lowest BCUT2D eigenvalue weighted by molar-refractivity contribution is -0.122. The summed E-state index contributed by atoms with van der Waals surface area (Å²) in [5.74, 6) is 1.38. The number of methoxy groups -OCH3 is 1. The minimum Gasteiger partial charge on any atom is -0.496 e. The average molecular weight is 317 g/mol. The lowest BCUT2D eigenvalue weighted by Gasteiger charge is -2.15. The standard InChI is InChI=1S/C18H23NO4/c1-13(10-14-6-3-4-7-16(14)22-2)11-18(21)19-12-15(20)17-8-5-9-23-17/h3-9,13,15,20H,10-12H2,1-2H3,(H,19,21).